The van der Waals surface area contributed by atoms with Crippen molar-refractivity contribution >= 4 is 34.8 Å². The van der Waals surface area contributed by atoms with E-state index in [1.54, 1.807) is 6.07 Å². The van der Waals surface area contributed by atoms with Crippen LogP contribution in [0.2, 0.25) is 15.1 Å². The van der Waals surface area contributed by atoms with Crippen molar-refractivity contribution in [3.63, 3.8) is 0 Å². The van der Waals surface area contributed by atoms with Crippen LogP contribution in [-0.4, -0.2) is 11.6 Å². The number of hydrogen-bond acceptors (Lipinski definition) is 1. The monoisotopic (exact) mass is 378 g/mol. The summed E-state index contributed by atoms with van der Waals surface area (Å²) in [6.45, 7) is 2.89. The third-order valence-electron chi connectivity index (χ3n) is 4.01. The predicted molar refractivity (Wildman–Crippen MR) is 104 cm³/mol. The second-order valence-electron chi connectivity index (χ2n) is 5.61. The first kappa shape index (κ1) is 17.4. The molecule has 1 heterocycles. The van der Waals surface area contributed by atoms with Gasteiger partial charge in [-0.15, -0.1) is 0 Å². The molecular formula is C19H17Cl3N2. The quantitative estimate of drug-likeness (QED) is 0.576. The Balaban J connectivity index is 2.24. The Labute approximate surface area is 157 Å². The molecule has 5 heteroatoms. The fraction of sp³-hybridized carbons (Fsp3) is 0.158. The SMILES string of the molecule is CNCc1cc(-c2ccc(Cl)cc2Cl)n(-c2ccc(Cl)cc2)c1C. The van der Waals surface area contributed by atoms with Gasteiger partial charge in [-0.05, 0) is 68.1 Å². The van der Waals surface area contributed by atoms with Gasteiger partial charge in [-0.3, -0.25) is 0 Å². The fourth-order valence-electron chi connectivity index (χ4n) is 2.85. The Morgan fingerprint density at radius 3 is 2.21 bits per heavy atom. The first-order chi connectivity index (χ1) is 11.5. The van der Waals surface area contributed by atoms with Gasteiger partial charge >= 0.3 is 0 Å². The third-order valence-corrected chi connectivity index (χ3v) is 4.81. The van der Waals surface area contributed by atoms with E-state index in [0.717, 1.165) is 29.2 Å². The molecule has 24 heavy (non-hydrogen) atoms. The molecule has 0 spiro atoms. The molecule has 1 N–H and O–H groups in total. The van der Waals surface area contributed by atoms with E-state index in [0.29, 0.717) is 15.1 Å². The number of rotatable bonds is 4. The fourth-order valence-corrected chi connectivity index (χ4v) is 3.48. The van der Waals surface area contributed by atoms with E-state index in [-0.39, 0.29) is 0 Å². The molecule has 0 saturated carbocycles. The van der Waals surface area contributed by atoms with E-state index in [2.05, 4.69) is 22.9 Å². The molecule has 0 aliphatic heterocycles. The van der Waals surface area contributed by atoms with Crippen molar-refractivity contribution in [3.05, 3.63) is 74.9 Å². The molecule has 0 amide bonds. The second-order valence-corrected chi connectivity index (χ2v) is 6.89. The average molecular weight is 380 g/mol. The molecule has 0 fully saturated rings. The van der Waals surface area contributed by atoms with Gasteiger partial charge < -0.3 is 9.88 Å². The number of nitrogens with zero attached hydrogens (tertiary/aromatic N) is 1. The zero-order valence-electron chi connectivity index (χ0n) is 13.4. The molecular weight excluding hydrogens is 363 g/mol. The highest BCUT2D eigenvalue weighted by atomic mass is 35.5. The topological polar surface area (TPSA) is 17.0 Å². The van der Waals surface area contributed by atoms with Gasteiger partial charge in [-0.2, -0.15) is 0 Å². The summed E-state index contributed by atoms with van der Waals surface area (Å²) in [5.41, 5.74) is 5.39. The van der Waals surface area contributed by atoms with Crippen molar-refractivity contribution in [2.24, 2.45) is 0 Å². The van der Waals surface area contributed by atoms with Crippen molar-refractivity contribution in [1.82, 2.24) is 9.88 Å². The maximum absolute atomic E-state index is 6.45. The van der Waals surface area contributed by atoms with Gasteiger partial charge in [0, 0.05) is 33.5 Å². The lowest BCUT2D eigenvalue weighted by Crippen LogP contribution is -2.06. The summed E-state index contributed by atoms with van der Waals surface area (Å²) < 4.78 is 2.19. The Morgan fingerprint density at radius 1 is 0.917 bits per heavy atom. The van der Waals surface area contributed by atoms with Gasteiger partial charge in [-0.25, -0.2) is 0 Å². The minimum absolute atomic E-state index is 0.625. The average Bonchev–Trinajstić information content (AvgIpc) is 2.85. The predicted octanol–water partition coefficient (Wildman–Crippen LogP) is 6.13. The molecule has 3 aromatic rings. The van der Waals surface area contributed by atoms with Crippen molar-refractivity contribution < 1.29 is 0 Å². The lowest BCUT2D eigenvalue weighted by Gasteiger charge is -2.14. The van der Waals surface area contributed by atoms with Crippen LogP contribution in [-0.2, 0) is 6.54 Å². The third kappa shape index (κ3) is 3.33. The maximum Gasteiger partial charge on any atom is 0.0549 e. The lowest BCUT2D eigenvalue weighted by atomic mass is 10.1. The number of nitrogens with one attached hydrogen (secondary N) is 1. The first-order valence-electron chi connectivity index (χ1n) is 7.58. The van der Waals surface area contributed by atoms with Gasteiger partial charge in [0.05, 0.1) is 10.7 Å². The molecule has 0 aliphatic carbocycles. The van der Waals surface area contributed by atoms with Crippen molar-refractivity contribution in [3.8, 4) is 16.9 Å². The molecule has 0 bridgehead atoms. The highest BCUT2D eigenvalue weighted by molar-refractivity contribution is 6.36. The smallest absolute Gasteiger partial charge is 0.0549 e. The van der Waals surface area contributed by atoms with Gasteiger partial charge in [-0.1, -0.05) is 34.8 Å². The molecule has 2 aromatic carbocycles. The van der Waals surface area contributed by atoms with E-state index in [4.69, 9.17) is 34.8 Å². The Kier molecular flexibility index (Phi) is 5.21. The summed E-state index contributed by atoms with van der Waals surface area (Å²) in [4.78, 5) is 0. The molecule has 0 radical (unpaired) electrons. The van der Waals surface area contributed by atoms with Crippen LogP contribution < -0.4 is 5.32 Å². The summed E-state index contributed by atoms with van der Waals surface area (Å²) in [7, 11) is 1.94. The van der Waals surface area contributed by atoms with Gasteiger partial charge in [0.2, 0.25) is 0 Å². The maximum atomic E-state index is 6.45. The first-order valence-corrected chi connectivity index (χ1v) is 8.72. The summed E-state index contributed by atoms with van der Waals surface area (Å²) in [5, 5.41) is 5.18. The van der Waals surface area contributed by atoms with Crippen molar-refractivity contribution in [1.29, 1.82) is 0 Å². The Bertz CT molecular complexity index is 867. The minimum Gasteiger partial charge on any atom is -0.316 e. The zero-order valence-corrected chi connectivity index (χ0v) is 15.7. The summed E-state index contributed by atoms with van der Waals surface area (Å²) in [6.07, 6.45) is 0. The van der Waals surface area contributed by atoms with Crippen LogP contribution in [0.5, 0.6) is 0 Å². The van der Waals surface area contributed by atoms with Gasteiger partial charge in [0.1, 0.15) is 0 Å². The van der Waals surface area contributed by atoms with E-state index >= 15 is 0 Å². The van der Waals surface area contributed by atoms with Crippen LogP contribution in [0.15, 0.2) is 48.5 Å². The zero-order chi connectivity index (χ0) is 17.3. The summed E-state index contributed by atoms with van der Waals surface area (Å²) in [5.74, 6) is 0. The minimum atomic E-state index is 0.625. The van der Waals surface area contributed by atoms with Gasteiger partial charge in [0.15, 0.2) is 0 Å². The molecule has 0 aliphatic rings. The Hall–Kier alpha value is -1.45. The standard InChI is InChI=1S/C19H17Cl3N2/c1-12-13(11-23-2)9-19(17-8-5-15(21)10-18(17)22)24(12)16-6-3-14(20)4-7-16/h3-10,23H,11H2,1-2H3. The normalized spacial score (nSPS) is 11.0. The molecule has 0 unspecified atom stereocenters. The van der Waals surface area contributed by atoms with Crippen molar-refractivity contribution in [2.75, 3.05) is 7.05 Å². The van der Waals surface area contributed by atoms with E-state index in [9.17, 15) is 0 Å². The highest BCUT2D eigenvalue weighted by Crippen LogP contribution is 2.35. The van der Waals surface area contributed by atoms with Crippen LogP contribution in [0, 0.1) is 6.92 Å². The van der Waals surface area contributed by atoms with Crippen LogP contribution in [0.1, 0.15) is 11.3 Å². The molecule has 1 aromatic heterocycles. The number of halogens is 3. The van der Waals surface area contributed by atoms with Crippen molar-refractivity contribution in [2.45, 2.75) is 13.5 Å². The number of aromatic nitrogens is 1. The van der Waals surface area contributed by atoms with E-state index in [1.807, 2.05) is 43.4 Å². The number of hydrogen-bond donors (Lipinski definition) is 1. The van der Waals surface area contributed by atoms with Gasteiger partial charge in [0.25, 0.3) is 0 Å². The highest BCUT2D eigenvalue weighted by Gasteiger charge is 2.16. The van der Waals surface area contributed by atoms with E-state index in [1.165, 1.54) is 5.56 Å². The molecule has 124 valence electrons. The van der Waals surface area contributed by atoms with E-state index < -0.39 is 0 Å². The molecule has 0 atom stereocenters. The molecule has 2 nitrogen and oxygen atoms in total. The number of benzene rings is 2. The second kappa shape index (κ2) is 7.20. The largest absolute Gasteiger partial charge is 0.316 e. The molecule has 3 rings (SSSR count). The van der Waals surface area contributed by atoms with Crippen LogP contribution in [0.25, 0.3) is 16.9 Å². The molecule has 0 saturated heterocycles. The van der Waals surface area contributed by atoms with Crippen LogP contribution >= 0.6 is 34.8 Å². The Morgan fingerprint density at radius 2 is 1.58 bits per heavy atom. The summed E-state index contributed by atoms with van der Waals surface area (Å²) in [6, 6.07) is 15.5. The van der Waals surface area contributed by atoms with Crippen LogP contribution in [0.3, 0.4) is 0 Å². The lowest BCUT2D eigenvalue weighted by molar-refractivity contribution is 0.807. The van der Waals surface area contributed by atoms with Crippen LogP contribution in [0.4, 0.5) is 0 Å². The summed E-state index contributed by atoms with van der Waals surface area (Å²) >= 11 is 18.5.